The number of hydrogen-bond donors (Lipinski definition) is 1. The van der Waals surface area contributed by atoms with Gasteiger partial charge in [-0.1, -0.05) is 25.2 Å². The maximum Gasteiger partial charge on any atom is 0.185 e. The third-order valence-electron chi connectivity index (χ3n) is 3.51. The van der Waals surface area contributed by atoms with Crippen LogP contribution in [0.2, 0.25) is 0 Å². The third kappa shape index (κ3) is 2.53. The Hall–Kier alpha value is -0.260. The number of aliphatic hydroxyl groups is 1. The summed E-state index contributed by atoms with van der Waals surface area (Å²) in [6, 6.07) is 0. The van der Waals surface area contributed by atoms with E-state index in [1.165, 1.54) is 18.5 Å². The molecule has 0 amide bonds. The summed E-state index contributed by atoms with van der Waals surface area (Å²) in [5.41, 5.74) is 1.18. The van der Waals surface area contributed by atoms with Gasteiger partial charge in [-0.15, -0.1) is 0 Å². The summed E-state index contributed by atoms with van der Waals surface area (Å²) in [5.74, 6) is 0.631. The smallest absolute Gasteiger partial charge is 0.185 e. The second-order valence-electron chi connectivity index (χ2n) is 5.40. The molecule has 5 heteroatoms. The van der Waals surface area contributed by atoms with Gasteiger partial charge in [-0.25, -0.2) is 4.98 Å². The van der Waals surface area contributed by atoms with Crippen molar-refractivity contribution in [1.29, 1.82) is 0 Å². The Balaban J connectivity index is 1.82. The van der Waals surface area contributed by atoms with Gasteiger partial charge in [0.1, 0.15) is 0 Å². The molecule has 1 aromatic rings. The minimum absolute atomic E-state index is 0.150. The molecule has 1 N–H and O–H groups in total. The van der Waals surface area contributed by atoms with Gasteiger partial charge in [0.05, 0.1) is 17.2 Å². The summed E-state index contributed by atoms with van der Waals surface area (Å²) < 4.78 is 0. The zero-order chi connectivity index (χ0) is 12.7. The normalized spacial score (nSPS) is 28.7. The van der Waals surface area contributed by atoms with Crippen LogP contribution in [0.15, 0.2) is 0 Å². The number of rotatable bonds is 3. The topological polar surface area (TPSA) is 36.4 Å². The quantitative estimate of drug-likeness (QED) is 0.926. The van der Waals surface area contributed by atoms with E-state index in [0.717, 1.165) is 23.1 Å². The summed E-state index contributed by atoms with van der Waals surface area (Å²) in [7, 11) is 0. The molecule has 0 spiro atoms. The van der Waals surface area contributed by atoms with Gasteiger partial charge in [-0.2, -0.15) is 11.8 Å². The van der Waals surface area contributed by atoms with Crippen LogP contribution in [0, 0.1) is 0 Å². The monoisotopic (exact) mass is 284 g/mol. The third-order valence-corrected chi connectivity index (χ3v) is 5.86. The van der Waals surface area contributed by atoms with Gasteiger partial charge in [0.25, 0.3) is 0 Å². The van der Waals surface area contributed by atoms with Crippen molar-refractivity contribution in [3.05, 3.63) is 10.6 Å². The molecule has 2 unspecified atom stereocenters. The van der Waals surface area contributed by atoms with Gasteiger partial charge in [0.2, 0.25) is 0 Å². The number of thiazole rings is 1. The van der Waals surface area contributed by atoms with Crippen LogP contribution < -0.4 is 4.90 Å². The van der Waals surface area contributed by atoms with E-state index in [1.807, 2.05) is 0 Å². The first kappa shape index (κ1) is 12.8. The van der Waals surface area contributed by atoms with Crippen LogP contribution in [0.1, 0.15) is 43.2 Å². The molecule has 1 aromatic heterocycles. The highest BCUT2D eigenvalue weighted by atomic mass is 32.2. The molecule has 3 rings (SSSR count). The Morgan fingerprint density at radius 1 is 1.28 bits per heavy atom. The first-order valence-electron chi connectivity index (χ1n) is 6.68. The SMILES string of the molecule is CC1CN(c2nc(C3CC3)c(CO)s2)CC(C)S1. The summed E-state index contributed by atoms with van der Waals surface area (Å²) >= 11 is 3.75. The lowest BCUT2D eigenvalue weighted by Gasteiger charge is -2.34. The molecule has 1 saturated carbocycles. The fourth-order valence-corrected chi connectivity index (χ4v) is 4.96. The molecule has 2 atom stereocenters. The molecule has 18 heavy (non-hydrogen) atoms. The predicted octanol–water partition coefficient (Wildman–Crippen LogP) is 2.84. The van der Waals surface area contributed by atoms with Gasteiger partial charge < -0.3 is 10.0 Å². The van der Waals surface area contributed by atoms with E-state index in [0.29, 0.717) is 16.4 Å². The Morgan fingerprint density at radius 2 is 1.94 bits per heavy atom. The molecule has 2 fully saturated rings. The standard InChI is InChI=1S/C13H20N2OS2/c1-8-5-15(6-9(2)17-8)13-14-12(10-3-4-10)11(7-16)18-13/h8-10,16H,3-7H2,1-2H3. The fraction of sp³-hybridized carbons (Fsp3) is 0.769. The molecular formula is C13H20N2OS2. The van der Waals surface area contributed by atoms with Crippen molar-refractivity contribution >= 4 is 28.2 Å². The largest absolute Gasteiger partial charge is 0.391 e. The molecule has 2 aliphatic rings. The number of aliphatic hydroxyl groups excluding tert-OH is 1. The predicted molar refractivity (Wildman–Crippen MR) is 78.7 cm³/mol. The average Bonchev–Trinajstić information content (AvgIpc) is 3.07. The highest BCUT2D eigenvalue weighted by Gasteiger charge is 2.31. The molecular weight excluding hydrogens is 264 g/mol. The second-order valence-corrected chi connectivity index (χ2v) is 8.34. The molecule has 0 bridgehead atoms. The molecule has 2 heterocycles. The zero-order valence-corrected chi connectivity index (χ0v) is 12.6. The van der Waals surface area contributed by atoms with Gasteiger partial charge in [-0.3, -0.25) is 0 Å². The highest BCUT2D eigenvalue weighted by Crippen LogP contribution is 2.44. The second kappa shape index (κ2) is 5.02. The van der Waals surface area contributed by atoms with E-state index < -0.39 is 0 Å². The molecule has 1 saturated heterocycles. The van der Waals surface area contributed by atoms with Crippen LogP contribution in [0.25, 0.3) is 0 Å². The highest BCUT2D eigenvalue weighted by molar-refractivity contribution is 8.00. The van der Waals surface area contributed by atoms with Crippen molar-refractivity contribution in [3.63, 3.8) is 0 Å². The van der Waals surface area contributed by atoms with Crippen LogP contribution in [0.4, 0.5) is 5.13 Å². The number of thioether (sulfide) groups is 1. The molecule has 3 nitrogen and oxygen atoms in total. The van der Waals surface area contributed by atoms with Crippen molar-refractivity contribution < 1.29 is 5.11 Å². The molecule has 1 aliphatic carbocycles. The van der Waals surface area contributed by atoms with Gasteiger partial charge in [0, 0.05) is 29.5 Å². The zero-order valence-electron chi connectivity index (χ0n) is 10.9. The fourth-order valence-electron chi connectivity index (χ4n) is 2.61. The summed E-state index contributed by atoms with van der Waals surface area (Å²) in [5, 5.41) is 11.9. The first-order chi connectivity index (χ1) is 8.67. The summed E-state index contributed by atoms with van der Waals surface area (Å²) in [6.45, 7) is 6.89. The van der Waals surface area contributed by atoms with E-state index >= 15 is 0 Å². The van der Waals surface area contributed by atoms with E-state index in [4.69, 9.17) is 4.98 Å². The Morgan fingerprint density at radius 3 is 2.50 bits per heavy atom. The van der Waals surface area contributed by atoms with Crippen molar-refractivity contribution in [2.75, 3.05) is 18.0 Å². The maximum atomic E-state index is 9.46. The molecule has 1 aliphatic heterocycles. The van der Waals surface area contributed by atoms with Gasteiger partial charge >= 0.3 is 0 Å². The van der Waals surface area contributed by atoms with Crippen LogP contribution in [-0.4, -0.2) is 33.7 Å². The van der Waals surface area contributed by atoms with Crippen LogP contribution in [0.3, 0.4) is 0 Å². The van der Waals surface area contributed by atoms with E-state index in [-0.39, 0.29) is 6.61 Å². The number of nitrogens with zero attached hydrogens (tertiary/aromatic N) is 2. The minimum atomic E-state index is 0.150. The van der Waals surface area contributed by atoms with Crippen LogP contribution in [-0.2, 0) is 6.61 Å². The number of aromatic nitrogens is 1. The van der Waals surface area contributed by atoms with Crippen molar-refractivity contribution in [3.8, 4) is 0 Å². The van der Waals surface area contributed by atoms with E-state index in [1.54, 1.807) is 11.3 Å². The summed E-state index contributed by atoms with van der Waals surface area (Å²) in [6.07, 6.45) is 2.50. The first-order valence-corrected chi connectivity index (χ1v) is 8.44. The Labute approximate surface area is 117 Å². The lowest BCUT2D eigenvalue weighted by molar-refractivity contribution is 0.284. The summed E-state index contributed by atoms with van der Waals surface area (Å²) in [4.78, 5) is 8.30. The lowest BCUT2D eigenvalue weighted by atomic mass is 10.2. The van der Waals surface area contributed by atoms with Crippen LogP contribution in [0.5, 0.6) is 0 Å². The van der Waals surface area contributed by atoms with Gasteiger partial charge in [-0.05, 0) is 12.8 Å². The van der Waals surface area contributed by atoms with Crippen LogP contribution >= 0.6 is 23.1 Å². The number of anilines is 1. The Kier molecular flexibility index (Phi) is 3.56. The minimum Gasteiger partial charge on any atom is -0.391 e. The molecule has 0 aromatic carbocycles. The lowest BCUT2D eigenvalue weighted by Crippen LogP contribution is -2.40. The average molecular weight is 284 g/mol. The molecule has 100 valence electrons. The van der Waals surface area contributed by atoms with Crippen molar-refractivity contribution in [1.82, 2.24) is 4.98 Å². The maximum absolute atomic E-state index is 9.46. The van der Waals surface area contributed by atoms with E-state index in [9.17, 15) is 5.11 Å². The number of hydrogen-bond acceptors (Lipinski definition) is 5. The van der Waals surface area contributed by atoms with Crippen molar-refractivity contribution in [2.24, 2.45) is 0 Å². The van der Waals surface area contributed by atoms with Gasteiger partial charge in [0.15, 0.2) is 5.13 Å². The Bertz CT molecular complexity index is 421. The van der Waals surface area contributed by atoms with Crippen molar-refractivity contribution in [2.45, 2.75) is 49.7 Å². The van der Waals surface area contributed by atoms with E-state index in [2.05, 4.69) is 30.5 Å². The molecule has 0 radical (unpaired) electrons.